The maximum atomic E-state index is 11.7. The van der Waals surface area contributed by atoms with Crippen LogP contribution in [-0.4, -0.2) is 48.1 Å². The number of nitrogens with zero attached hydrogens (tertiary/aromatic N) is 2. The molecule has 0 aromatic carbocycles. The fourth-order valence-corrected chi connectivity index (χ4v) is 4.38. The predicted molar refractivity (Wildman–Crippen MR) is 80.4 cm³/mol. The van der Waals surface area contributed by atoms with Crippen molar-refractivity contribution in [1.82, 2.24) is 15.1 Å². The van der Waals surface area contributed by atoms with E-state index in [4.69, 9.17) is 0 Å². The average molecular weight is 344 g/mol. The number of hydrogen-bond acceptors (Lipinski definition) is 3. The van der Waals surface area contributed by atoms with Crippen molar-refractivity contribution in [2.45, 2.75) is 25.4 Å². The van der Waals surface area contributed by atoms with E-state index in [-0.39, 0.29) is 6.03 Å². The minimum Gasteiger partial charge on any atom is -0.336 e. The Morgan fingerprint density at radius 3 is 2.74 bits per heavy atom. The van der Waals surface area contributed by atoms with Gasteiger partial charge in [-0.05, 0) is 40.2 Å². The molecule has 0 unspecified atom stereocenters. The normalized spacial score (nSPS) is 21.9. The van der Waals surface area contributed by atoms with Gasteiger partial charge in [0.2, 0.25) is 0 Å². The van der Waals surface area contributed by atoms with Crippen LogP contribution in [0.4, 0.5) is 4.79 Å². The van der Waals surface area contributed by atoms with E-state index < -0.39 is 0 Å². The summed E-state index contributed by atoms with van der Waals surface area (Å²) in [5.41, 5.74) is 0. The summed E-state index contributed by atoms with van der Waals surface area (Å²) in [5, 5.41) is 5.02. The molecule has 2 fully saturated rings. The largest absolute Gasteiger partial charge is 0.336 e. The maximum absolute atomic E-state index is 11.7. The Morgan fingerprint density at radius 1 is 1.37 bits per heavy atom. The lowest BCUT2D eigenvalue weighted by atomic mass is 10.0. The number of piperidine rings is 1. The maximum Gasteiger partial charge on any atom is 0.317 e. The Balaban J connectivity index is 1.52. The monoisotopic (exact) mass is 343 g/mol. The molecule has 2 amide bonds. The second-order valence-electron chi connectivity index (χ2n) is 5.12. The zero-order valence-corrected chi connectivity index (χ0v) is 13.2. The molecule has 0 atom stereocenters. The second kappa shape index (κ2) is 5.81. The highest BCUT2D eigenvalue weighted by molar-refractivity contribution is 9.10. The van der Waals surface area contributed by atoms with E-state index in [1.54, 1.807) is 11.3 Å². The van der Waals surface area contributed by atoms with Crippen molar-refractivity contribution < 1.29 is 4.79 Å². The summed E-state index contributed by atoms with van der Waals surface area (Å²) >= 11 is 5.40. The number of amides is 2. The lowest BCUT2D eigenvalue weighted by molar-refractivity contribution is 0.132. The summed E-state index contributed by atoms with van der Waals surface area (Å²) < 4.78 is 1.22. The smallest absolute Gasteiger partial charge is 0.317 e. The van der Waals surface area contributed by atoms with Crippen LogP contribution in [0.3, 0.4) is 0 Å². The third-order valence-corrected chi connectivity index (χ3v) is 5.86. The van der Waals surface area contributed by atoms with Crippen molar-refractivity contribution >= 4 is 33.3 Å². The second-order valence-corrected chi connectivity index (χ2v) is 6.98. The molecule has 2 aliphatic rings. The van der Waals surface area contributed by atoms with Gasteiger partial charge in [-0.1, -0.05) is 0 Å². The zero-order chi connectivity index (χ0) is 13.2. The zero-order valence-electron chi connectivity index (χ0n) is 10.8. The first-order valence-electron chi connectivity index (χ1n) is 6.73. The van der Waals surface area contributed by atoms with Gasteiger partial charge in [0.1, 0.15) is 0 Å². The summed E-state index contributed by atoms with van der Waals surface area (Å²) in [5.74, 6) is 0. The van der Waals surface area contributed by atoms with Gasteiger partial charge < -0.3 is 10.2 Å². The summed E-state index contributed by atoms with van der Waals surface area (Å²) in [7, 11) is 0. The molecule has 1 aromatic heterocycles. The fraction of sp³-hybridized carbons (Fsp3) is 0.615. The van der Waals surface area contributed by atoms with Crippen molar-refractivity contribution in [3.05, 3.63) is 20.8 Å². The van der Waals surface area contributed by atoms with Gasteiger partial charge in [-0.2, -0.15) is 0 Å². The first-order chi connectivity index (χ1) is 9.24. The number of carbonyl (C=O) groups excluding carboxylic acids is 1. The van der Waals surface area contributed by atoms with E-state index >= 15 is 0 Å². The Kier molecular flexibility index (Phi) is 4.10. The van der Waals surface area contributed by atoms with Gasteiger partial charge in [-0.3, -0.25) is 4.90 Å². The molecule has 0 spiro atoms. The summed E-state index contributed by atoms with van der Waals surface area (Å²) in [6.07, 6.45) is 2.19. The van der Waals surface area contributed by atoms with Crippen molar-refractivity contribution in [3.63, 3.8) is 0 Å². The van der Waals surface area contributed by atoms with E-state index in [1.807, 2.05) is 4.90 Å². The van der Waals surface area contributed by atoms with Crippen molar-refractivity contribution in [2.75, 3.05) is 26.2 Å². The molecule has 1 N–H and O–H groups in total. The average Bonchev–Trinajstić information content (AvgIpc) is 3.00. The minimum absolute atomic E-state index is 0.124. The molecule has 1 aromatic rings. The summed E-state index contributed by atoms with van der Waals surface area (Å²) in [6, 6.07) is 2.67. The van der Waals surface area contributed by atoms with E-state index in [1.165, 1.54) is 9.35 Å². The van der Waals surface area contributed by atoms with Crippen molar-refractivity contribution in [1.29, 1.82) is 0 Å². The van der Waals surface area contributed by atoms with Crippen LogP contribution in [0.15, 0.2) is 15.9 Å². The molecule has 0 aliphatic carbocycles. The standard InChI is InChI=1S/C13H18BrN3OS/c14-11-3-8-19-12(11)9-16-5-1-10(2-6-16)17-7-4-15-13(17)18/h3,8,10H,1-2,4-7,9H2,(H,15,18). The lowest BCUT2D eigenvalue weighted by Crippen LogP contribution is -2.45. The quantitative estimate of drug-likeness (QED) is 0.915. The van der Waals surface area contributed by atoms with Crippen LogP contribution in [0.5, 0.6) is 0 Å². The Bertz CT molecular complexity index is 456. The van der Waals surface area contributed by atoms with E-state index in [0.717, 1.165) is 45.6 Å². The van der Waals surface area contributed by atoms with Crippen LogP contribution in [0.2, 0.25) is 0 Å². The third-order valence-electron chi connectivity index (χ3n) is 3.95. The molecule has 3 rings (SSSR count). The van der Waals surface area contributed by atoms with Gasteiger partial charge in [-0.15, -0.1) is 11.3 Å². The van der Waals surface area contributed by atoms with Crippen molar-refractivity contribution in [2.24, 2.45) is 0 Å². The number of urea groups is 1. The van der Waals surface area contributed by atoms with Crippen LogP contribution in [0, 0.1) is 0 Å². The molecule has 3 heterocycles. The first-order valence-corrected chi connectivity index (χ1v) is 8.40. The first kappa shape index (κ1) is 13.4. The van der Waals surface area contributed by atoms with Gasteiger partial charge in [-0.25, -0.2) is 4.79 Å². The van der Waals surface area contributed by atoms with Crippen LogP contribution >= 0.6 is 27.3 Å². The number of nitrogens with one attached hydrogen (secondary N) is 1. The molecule has 2 aliphatic heterocycles. The minimum atomic E-state index is 0.124. The van der Waals surface area contributed by atoms with E-state index in [2.05, 4.69) is 37.6 Å². The molecule has 19 heavy (non-hydrogen) atoms. The lowest BCUT2D eigenvalue weighted by Gasteiger charge is -2.36. The number of thiophene rings is 1. The van der Waals surface area contributed by atoms with Crippen molar-refractivity contribution in [3.8, 4) is 0 Å². The molecule has 2 saturated heterocycles. The number of carbonyl (C=O) groups is 1. The third kappa shape index (κ3) is 2.95. The predicted octanol–water partition coefficient (Wildman–Crippen LogP) is 2.50. The van der Waals surface area contributed by atoms with Crippen LogP contribution in [0.1, 0.15) is 17.7 Å². The van der Waals surface area contributed by atoms with E-state index in [0.29, 0.717) is 6.04 Å². The number of rotatable bonds is 3. The summed E-state index contributed by atoms with van der Waals surface area (Å²) in [4.78, 5) is 17.6. The topological polar surface area (TPSA) is 35.6 Å². The number of likely N-dealkylation sites (tertiary alicyclic amines) is 1. The SMILES string of the molecule is O=C1NCCN1C1CCN(Cc2sccc2Br)CC1. The Labute approximate surface area is 125 Å². The van der Waals surface area contributed by atoms with Crippen LogP contribution in [0.25, 0.3) is 0 Å². The summed E-state index contributed by atoms with van der Waals surface area (Å²) in [6.45, 7) is 4.87. The highest BCUT2D eigenvalue weighted by Crippen LogP contribution is 2.26. The molecule has 104 valence electrons. The number of hydrogen-bond donors (Lipinski definition) is 1. The van der Waals surface area contributed by atoms with Crippen LogP contribution in [-0.2, 0) is 6.54 Å². The van der Waals surface area contributed by atoms with Gasteiger partial charge in [0, 0.05) is 48.1 Å². The van der Waals surface area contributed by atoms with Gasteiger partial charge >= 0.3 is 6.03 Å². The molecule has 4 nitrogen and oxygen atoms in total. The highest BCUT2D eigenvalue weighted by Gasteiger charge is 2.30. The molecular weight excluding hydrogens is 326 g/mol. The number of halogens is 1. The highest BCUT2D eigenvalue weighted by atomic mass is 79.9. The molecule has 0 saturated carbocycles. The molecule has 0 bridgehead atoms. The van der Waals surface area contributed by atoms with Crippen LogP contribution < -0.4 is 5.32 Å². The molecular formula is C13H18BrN3OS. The van der Waals surface area contributed by atoms with E-state index in [9.17, 15) is 4.79 Å². The van der Waals surface area contributed by atoms with Gasteiger partial charge in [0.05, 0.1) is 0 Å². The Morgan fingerprint density at radius 2 is 2.16 bits per heavy atom. The molecule has 0 radical (unpaired) electrons. The van der Waals surface area contributed by atoms with Gasteiger partial charge in [0.25, 0.3) is 0 Å². The van der Waals surface area contributed by atoms with Gasteiger partial charge in [0.15, 0.2) is 0 Å². The molecule has 6 heteroatoms. The Hall–Kier alpha value is -0.590. The fourth-order valence-electron chi connectivity index (χ4n) is 2.86.